The van der Waals surface area contributed by atoms with Crippen LogP contribution in [0.25, 0.3) is 0 Å². The van der Waals surface area contributed by atoms with E-state index in [1.165, 1.54) is 5.01 Å². The Balaban J connectivity index is 1.70. The molecule has 0 aromatic heterocycles. The van der Waals surface area contributed by atoms with Gasteiger partial charge in [-0.15, -0.1) is 0 Å². The van der Waals surface area contributed by atoms with Gasteiger partial charge in [-0.05, 0) is 35.9 Å². The van der Waals surface area contributed by atoms with Gasteiger partial charge >= 0.3 is 0 Å². The maximum absolute atomic E-state index is 13.3. The summed E-state index contributed by atoms with van der Waals surface area (Å²) < 4.78 is 30.9. The second-order valence-electron chi connectivity index (χ2n) is 7.48. The molecule has 164 valence electrons. The van der Waals surface area contributed by atoms with Crippen LogP contribution in [0.2, 0.25) is 0 Å². The van der Waals surface area contributed by atoms with Gasteiger partial charge in [0.25, 0.3) is 5.91 Å². The fraction of sp³-hybridized carbons (Fsp3) is 0.167. The number of rotatable bonds is 6. The van der Waals surface area contributed by atoms with Gasteiger partial charge in [0.15, 0.2) is 0 Å². The Morgan fingerprint density at radius 3 is 2.31 bits per heavy atom. The van der Waals surface area contributed by atoms with Gasteiger partial charge in [-0.2, -0.15) is 5.10 Å². The monoisotopic (exact) mass is 449 g/mol. The molecule has 1 aliphatic heterocycles. The van der Waals surface area contributed by atoms with Gasteiger partial charge in [0.05, 0.1) is 25.1 Å². The number of sulfonamides is 1. The third-order valence-electron chi connectivity index (χ3n) is 5.16. The van der Waals surface area contributed by atoms with E-state index in [1.54, 1.807) is 43.5 Å². The number of hydrazone groups is 1. The number of hydrogen-bond acceptors (Lipinski definition) is 5. The molecule has 0 fully saturated rings. The SMILES string of the molecule is COc1ccccc1[C@@H]1CC(c2ccc(NS(C)(=O)=O)cc2)=NN1C(=O)c1ccccc1. The molecular weight excluding hydrogens is 426 g/mol. The fourth-order valence-corrected chi connectivity index (χ4v) is 4.28. The summed E-state index contributed by atoms with van der Waals surface area (Å²) in [5.41, 5.74) is 3.43. The Morgan fingerprint density at radius 1 is 1.00 bits per heavy atom. The summed E-state index contributed by atoms with van der Waals surface area (Å²) in [6.45, 7) is 0. The van der Waals surface area contributed by atoms with Gasteiger partial charge in [0.1, 0.15) is 5.75 Å². The zero-order chi connectivity index (χ0) is 22.7. The molecule has 32 heavy (non-hydrogen) atoms. The van der Waals surface area contributed by atoms with E-state index in [0.29, 0.717) is 23.4 Å². The van der Waals surface area contributed by atoms with Crippen LogP contribution in [0.15, 0.2) is 84.0 Å². The Hall–Kier alpha value is -3.65. The molecule has 0 aliphatic carbocycles. The summed E-state index contributed by atoms with van der Waals surface area (Å²) in [6.07, 6.45) is 1.60. The standard InChI is InChI=1S/C24H23N3O4S/c1-31-23-11-7-6-10-20(23)22-16-21(17-12-14-19(15-13-17)26-32(2,29)30)25-27(22)24(28)18-8-4-3-5-9-18/h3-15,22,26H,16H2,1-2H3/t22-/m0/s1. The first-order valence-corrected chi connectivity index (χ1v) is 11.9. The Bertz CT molecular complexity index is 1260. The van der Waals surface area contributed by atoms with Crippen LogP contribution in [0, 0.1) is 0 Å². The van der Waals surface area contributed by atoms with Crippen molar-refractivity contribution < 1.29 is 17.9 Å². The zero-order valence-corrected chi connectivity index (χ0v) is 18.5. The first-order valence-electron chi connectivity index (χ1n) is 10.0. The lowest BCUT2D eigenvalue weighted by Crippen LogP contribution is -2.27. The number of nitrogens with one attached hydrogen (secondary N) is 1. The molecule has 0 unspecified atom stereocenters. The lowest BCUT2D eigenvalue weighted by atomic mass is 9.97. The van der Waals surface area contributed by atoms with Crippen molar-refractivity contribution in [3.8, 4) is 5.75 Å². The Kier molecular flexibility index (Phi) is 5.96. The minimum atomic E-state index is -3.36. The predicted molar refractivity (Wildman–Crippen MR) is 124 cm³/mol. The number of para-hydroxylation sites is 1. The highest BCUT2D eigenvalue weighted by molar-refractivity contribution is 7.92. The van der Waals surface area contributed by atoms with Crippen molar-refractivity contribution in [1.29, 1.82) is 0 Å². The van der Waals surface area contributed by atoms with E-state index in [0.717, 1.165) is 23.1 Å². The van der Waals surface area contributed by atoms with E-state index in [2.05, 4.69) is 9.82 Å². The normalized spacial score (nSPS) is 15.9. The molecule has 8 heteroatoms. The topological polar surface area (TPSA) is 88.1 Å². The molecule has 0 bridgehead atoms. The van der Waals surface area contributed by atoms with Crippen molar-refractivity contribution in [1.82, 2.24) is 5.01 Å². The molecule has 1 N–H and O–H groups in total. The molecule has 0 saturated heterocycles. The summed E-state index contributed by atoms with van der Waals surface area (Å²) in [7, 11) is -1.76. The molecular formula is C24H23N3O4S. The highest BCUT2D eigenvalue weighted by Crippen LogP contribution is 2.38. The average Bonchev–Trinajstić information content (AvgIpc) is 3.24. The number of carbonyl (C=O) groups excluding carboxylic acids is 1. The largest absolute Gasteiger partial charge is 0.496 e. The van der Waals surface area contributed by atoms with Crippen molar-refractivity contribution in [2.45, 2.75) is 12.5 Å². The Labute approximate surface area is 187 Å². The van der Waals surface area contributed by atoms with Crippen LogP contribution in [-0.4, -0.2) is 38.4 Å². The number of anilines is 1. The van der Waals surface area contributed by atoms with Crippen molar-refractivity contribution in [2.75, 3.05) is 18.1 Å². The minimum Gasteiger partial charge on any atom is -0.496 e. The van der Waals surface area contributed by atoms with Crippen LogP contribution in [-0.2, 0) is 10.0 Å². The van der Waals surface area contributed by atoms with Crippen molar-refractivity contribution >= 4 is 27.3 Å². The lowest BCUT2D eigenvalue weighted by molar-refractivity contribution is 0.0709. The number of methoxy groups -OCH3 is 1. The van der Waals surface area contributed by atoms with Gasteiger partial charge < -0.3 is 4.74 Å². The maximum atomic E-state index is 13.3. The van der Waals surface area contributed by atoms with Crippen molar-refractivity contribution in [3.05, 3.63) is 95.6 Å². The highest BCUT2D eigenvalue weighted by atomic mass is 32.2. The van der Waals surface area contributed by atoms with Gasteiger partial charge in [0, 0.05) is 23.2 Å². The molecule has 0 spiro atoms. The van der Waals surface area contributed by atoms with Gasteiger partial charge in [-0.25, -0.2) is 13.4 Å². The van der Waals surface area contributed by atoms with Crippen LogP contribution in [0.3, 0.4) is 0 Å². The van der Waals surface area contributed by atoms with E-state index in [1.807, 2.05) is 42.5 Å². The molecule has 1 heterocycles. The number of nitrogens with zero attached hydrogens (tertiary/aromatic N) is 2. The molecule has 3 aromatic carbocycles. The van der Waals surface area contributed by atoms with E-state index in [-0.39, 0.29) is 11.9 Å². The highest BCUT2D eigenvalue weighted by Gasteiger charge is 2.35. The van der Waals surface area contributed by atoms with Crippen LogP contribution in [0.1, 0.15) is 33.9 Å². The van der Waals surface area contributed by atoms with E-state index >= 15 is 0 Å². The summed E-state index contributed by atoms with van der Waals surface area (Å²) in [5.74, 6) is 0.486. The van der Waals surface area contributed by atoms with Gasteiger partial charge in [-0.3, -0.25) is 9.52 Å². The molecule has 1 atom stereocenters. The smallest absolute Gasteiger partial charge is 0.274 e. The maximum Gasteiger partial charge on any atom is 0.274 e. The van der Waals surface area contributed by atoms with E-state index < -0.39 is 10.0 Å². The van der Waals surface area contributed by atoms with E-state index in [4.69, 9.17) is 4.74 Å². The van der Waals surface area contributed by atoms with Crippen LogP contribution in [0.5, 0.6) is 5.75 Å². The number of hydrogen-bond donors (Lipinski definition) is 1. The third-order valence-corrected chi connectivity index (χ3v) is 5.76. The van der Waals surface area contributed by atoms with Gasteiger partial charge in [0.2, 0.25) is 10.0 Å². The first kappa shape index (κ1) is 21.6. The second kappa shape index (κ2) is 8.84. The second-order valence-corrected chi connectivity index (χ2v) is 9.22. The third kappa shape index (κ3) is 4.65. The van der Waals surface area contributed by atoms with Crippen LogP contribution >= 0.6 is 0 Å². The lowest BCUT2D eigenvalue weighted by Gasteiger charge is -2.23. The molecule has 0 saturated carbocycles. The van der Waals surface area contributed by atoms with Crippen LogP contribution in [0.4, 0.5) is 5.69 Å². The number of amides is 1. The van der Waals surface area contributed by atoms with Crippen LogP contribution < -0.4 is 9.46 Å². The first-order chi connectivity index (χ1) is 15.4. The number of ether oxygens (including phenoxy) is 1. The molecule has 3 aromatic rings. The number of carbonyl (C=O) groups is 1. The molecule has 1 amide bonds. The van der Waals surface area contributed by atoms with Crippen molar-refractivity contribution in [2.24, 2.45) is 5.10 Å². The summed E-state index contributed by atoms with van der Waals surface area (Å²) >= 11 is 0. The molecule has 1 aliphatic rings. The predicted octanol–water partition coefficient (Wildman–Crippen LogP) is 4.06. The quantitative estimate of drug-likeness (QED) is 0.615. The fourth-order valence-electron chi connectivity index (χ4n) is 3.71. The number of benzene rings is 3. The minimum absolute atomic E-state index is 0.202. The van der Waals surface area contributed by atoms with Gasteiger partial charge in [-0.1, -0.05) is 48.5 Å². The van der Waals surface area contributed by atoms with E-state index in [9.17, 15) is 13.2 Å². The summed E-state index contributed by atoms with van der Waals surface area (Å²) in [6, 6.07) is 23.2. The Morgan fingerprint density at radius 2 is 1.66 bits per heavy atom. The average molecular weight is 450 g/mol. The zero-order valence-electron chi connectivity index (χ0n) is 17.7. The molecule has 4 rings (SSSR count). The van der Waals surface area contributed by atoms with Crippen molar-refractivity contribution in [3.63, 3.8) is 0 Å². The molecule has 7 nitrogen and oxygen atoms in total. The summed E-state index contributed by atoms with van der Waals surface area (Å²) in [4.78, 5) is 13.3. The molecule has 0 radical (unpaired) electrons. The summed E-state index contributed by atoms with van der Waals surface area (Å²) in [5, 5.41) is 6.18.